The van der Waals surface area contributed by atoms with Gasteiger partial charge in [-0.2, -0.15) is 0 Å². The average molecular weight is 933 g/mol. The van der Waals surface area contributed by atoms with Gasteiger partial charge in [-0.1, -0.05) is 292 Å². The molecule has 0 aromatic rings. The van der Waals surface area contributed by atoms with Crippen molar-refractivity contribution in [2.75, 3.05) is 13.2 Å². The highest BCUT2D eigenvalue weighted by Gasteiger charge is 2.19. The molecule has 6 nitrogen and oxygen atoms in total. The summed E-state index contributed by atoms with van der Waals surface area (Å²) in [5.41, 5.74) is 0. The maximum Gasteiger partial charge on any atom is 0.306 e. The first-order chi connectivity index (χ1) is 33.0. The predicted octanol–water partition coefficient (Wildman–Crippen LogP) is 18.8. The Kier molecular flexibility index (Phi) is 52.4. The van der Waals surface area contributed by atoms with E-state index in [9.17, 15) is 14.4 Å². The van der Waals surface area contributed by atoms with Gasteiger partial charge >= 0.3 is 17.9 Å². The first kappa shape index (κ1) is 63.6. The molecule has 0 aromatic heterocycles. The lowest BCUT2D eigenvalue weighted by Crippen LogP contribution is -2.30. The zero-order chi connectivity index (χ0) is 48.6. The second-order valence-electron chi connectivity index (χ2n) is 18.7. The molecular weight excluding hydrogens is 829 g/mol. The van der Waals surface area contributed by atoms with Crippen LogP contribution in [0.25, 0.3) is 0 Å². The lowest BCUT2D eigenvalue weighted by Gasteiger charge is -2.18. The van der Waals surface area contributed by atoms with Crippen molar-refractivity contribution in [2.24, 2.45) is 0 Å². The summed E-state index contributed by atoms with van der Waals surface area (Å²) in [5, 5.41) is 0. The molecule has 0 saturated heterocycles. The summed E-state index contributed by atoms with van der Waals surface area (Å²) in [6.45, 7) is 6.47. The van der Waals surface area contributed by atoms with Crippen molar-refractivity contribution in [3.05, 3.63) is 85.1 Å². The molecule has 67 heavy (non-hydrogen) atoms. The molecule has 0 amide bonds. The SMILES string of the molecule is CC\C=C/C=C\C=C/C=C\C=C\C=C/C=C\CCCCCC(=O)OCC(COC(=O)CCCCCCCCCCCCC)OC(=O)CCCCCCCCCCCCCCCCCCCCC. The zero-order valence-electron chi connectivity index (χ0n) is 43.9. The quantitative estimate of drug-likeness (QED) is 0.0262. The topological polar surface area (TPSA) is 78.9 Å². The minimum atomic E-state index is -0.792. The molecule has 0 aliphatic carbocycles. The number of hydrogen-bond donors (Lipinski definition) is 0. The predicted molar refractivity (Wildman–Crippen MR) is 288 cm³/mol. The molecule has 0 bridgehead atoms. The second-order valence-corrected chi connectivity index (χ2v) is 18.7. The molecular formula is C61H104O6. The van der Waals surface area contributed by atoms with Crippen LogP contribution in [0.1, 0.15) is 265 Å². The largest absolute Gasteiger partial charge is 0.462 e. The van der Waals surface area contributed by atoms with E-state index in [-0.39, 0.29) is 31.1 Å². The van der Waals surface area contributed by atoms with Crippen LogP contribution in [0.5, 0.6) is 0 Å². The fourth-order valence-electron chi connectivity index (χ4n) is 7.90. The number of carbonyl (C=O) groups is 3. The van der Waals surface area contributed by atoms with Gasteiger partial charge in [0.05, 0.1) is 0 Å². The Labute approximate surface area is 414 Å². The number of esters is 3. The minimum absolute atomic E-state index is 0.0884. The standard InChI is InChI=1S/C61H104O6/c1-4-7-10-13-16-19-22-24-26-28-30-32-34-36-39-42-45-48-51-54-60(63)66-57-58(56-65-59(62)53-50-47-44-41-38-21-18-15-12-9-6-3)67-61(64)55-52-49-46-43-40-37-35-33-31-29-27-25-23-20-17-14-11-8-5-2/h7,10,13,16,19,22,24,26,28,30,32,34,36,39,58H,4-6,8-9,11-12,14-15,17-18,20-21,23,25,27,29,31,33,35,37-38,40-57H2,1-3H3/b10-7-,16-13-,22-19-,26-24-,30-28+,34-32-,39-36-. The first-order valence-corrected chi connectivity index (χ1v) is 28.2. The lowest BCUT2D eigenvalue weighted by molar-refractivity contribution is -0.167. The first-order valence-electron chi connectivity index (χ1n) is 28.2. The Balaban J connectivity index is 4.42. The van der Waals surface area contributed by atoms with E-state index < -0.39 is 6.10 Å². The van der Waals surface area contributed by atoms with Gasteiger partial charge in [-0.15, -0.1) is 0 Å². The van der Waals surface area contributed by atoms with Crippen LogP contribution in [0.3, 0.4) is 0 Å². The second kappa shape index (κ2) is 55.2. The Bertz CT molecular complexity index is 1300. The van der Waals surface area contributed by atoms with Crippen LogP contribution in [0.4, 0.5) is 0 Å². The Morgan fingerprint density at radius 3 is 0.910 bits per heavy atom. The maximum absolute atomic E-state index is 12.8. The fraction of sp³-hybridized carbons (Fsp3) is 0.721. The molecule has 0 fully saturated rings. The smallest absolute Gasteiger partial charge is 0.306 e. The van der Waals surface area contributed by atoms with Crippen molar-refractivity contribution in [1.82, 2.24) is 0 Å². The number of rotatable bonds is 50. The summed E-state index contributed by atoms with van der Waals surface area (Å²) in [4.78, 5) is 38.1. The van der Waals surface area contributed by atoms with E-state index in [0.29, 0.717) is 19.3 Å². The highest BCUT2D eigenvalue weighted by Crippen LogP contribution is 2.16. The number of unbranched alkanes of at least 4 members (excludes halogenated alkanes) is 31. The molecule has 384 valence electrons. The van der Waals surface area contributed by atoms with E-state index >= 15 is 0 Å². The van der Waals surface area contributed by atoms with Crippen LogP contribution in [0.2, 0.25) is 0 Å². The normalized spacial score (nSPS) is 12.7. The van der Waals surface area contributed by atoms with Gasteiger partial charge in [0.1, 0.15) is 13.2 Å². The van der Waals surface area contributed by atoms with E-state index in [0.717, 1.165) is 70.6 Å². The van der Waals surface area contributed by atoms with Gasteiger partial charge in [-0.3, -0.25) is 14.4 Å². The average Bonchev–Trinajstić information content (AvgIpc) is 3.33. The summed E-state index contributed by atoms with van der Waals surface area (Å²) >= 11 is 0. The molecule has 0 spiro atoms. The molecule has 6 heteroatoms. The zero-order valence-corrected chi connectivity index (χ0v) is 43.9. The van der Waals surface area contributed by atoms with Gasteiger partial charge in [0.25, 0.3) is 0 Å². The summed E-state index contributed by atoms with van der Waals surface area (Å²) < 4.78 is 16.8. The van der Waals surface area contributed by atoms with E-state index in [2.05, 4.69) is 32.9 Å². The van der Waals surface area contributed by atoms with E-state index in [1.54, 1.807) is 0 Å². The number of allylic oxidation sites excluding steroid dienone is 14. The van der Waals surface area contributed by atoms with Gasteiger partial charge in [0.15, 0.2) is 6.10 Å². The van der Waals surface area contributed by atoms with Crippen molar-refractivity contribution in [3.63, 3.8) is 0 Å². The molecule has 0 rings (SSSR count). The van der Waals surface area contributed by atoms with E-state index in [4.69, 9.17) is 14.2 Å². The van der Waals surface area contributed by atoms with Crippen LogP contribution in [-0.4, -0.2) is 37.2 Å². The molecule has 1 atom stereocenters. The molecule has 0 saturated carbocycles. The highest BCUT2D eigenvalue weighted by atomic mass is 16.6. The molecule has 0 heterocycles. The third kappa shape index (κ3) is 53.4. The number of ether oxygens (including phenoxy) is 3. The summed E-state index contributed by atoms with van der Waals surface area (Å²) in [7, 11) is 0. The summed E-state index contributed by atoms with van der Waals surface area (Å²) in [6, 6.07) is 0. The Hall–Kier alpha value is -3.41. The van der Waals surface area contributed by atoms with Crippen molar-refractivity contribution in [1.29, 1.82) is 0 Å². The van der Waals surface area contributed by atoms with Crippen LogP contribution in [0, 0.1) is 0 Å². The number of carbonyl (C=O) groups excluding carboxylic acids is 3. The molecule has 0 aliphatic rings. The fourth-order valence-corrected chi connectivity index (χ4v) is 7.90. The Morgan fingerprint density at radius 1 is 0.313 bits per heavy atom. The summed E-state index contributed by atoms with van der Waals surface area (Å²) in [6.07, 6.45) is 71.4. The third-order valence-corrected chi connectivity index (χ3v) is 12.1. The van der Waals surface area contributed by atoms with Gasteiger partial charge in [0.2, 0.25) is 0 Å². The van der Waals surface area contributed by atoms with Crippen LogP contribution in [-0.2, 0) is 28.6 Å². The van der Waals surface area contributed by atoms with E-state index in [1.165, 1.54) is 154 Å². The molecule has 0 radical (unpaired) electrons. The molecule has 0 aromatic carbocycles. The van der Waals surface area contributed by atoms with Crippen molar-refractivity contribution in [2.45, 2.75) is 271 Å². The van der Waals surface area contributed by atoms with Crippen LogP contribution in [0.15, 0.2) is 85.1 Å². The monoisotopic (exact) mass is 933 g/mol. The van der Waals surface area contributed by atoms with Gasteiger partial charge in [0, 0.05) is 19.3 Å². The molecule has 0 N–H and O–H groups in total. The highest BCUT2D eigenvalue weighted by molar-refractivity contribution is 5.71. The van der Waals surface area contributed by atoms with Crippen LogP contribution >= 0.6 is 0 Å². The van der Waals surface area contributed by atoms with Gasteiger partial charge in [-0.05, 0) is 38.5 Å². The van der Waals surface area contributed by atoms with Crippen LogP contribution < -0.4 is 0 Å². The summed E-state index contributed by atoms with van der Waals surface area (Å²) in [5.74, 6) is -0.927. The van der Waals surface area contributed by atoms with Gasteiger partial charge < -0.3 is 14.2 Å². The lowest BCUT2D eigenvalue weighted by atomic mass is 10.0. The van der Waals surface area contributed by atoms with Crippen molar-refractivity contribution >= 4 is 17.9 Å². The third-order valence-electron chi connectivity index (χ3n) is 12.1. The minimum Gasteiger partial charge on any atom is -0.462 e. The molecule has 0 aliphatic heterocycles. The number of hydrogen-bond acceptors (Lipinski definition) is 6. The van der Waals surface area contributed by atoms with Crippen molar-refractivity contribution in [3.8, 4) is 0 Å². The maximum atomic E-state index is 12.8. The van der Waals surface area contributed by atoms with E-state index in [1.807, 2.05) is 72.9 Å². The van der Waals surface area contributed by atoms with Crippen molar-refractivity contribution < 1.29 is 28.6 Å². The van der Waals surface area contributed by atoms with Gasteiger partial charge in [-0.25, -0.2) is 0 Å². The Morgan fingerprint density at radius 2 is 0.582 bits per heavy atom. The molecule has 1 unspecified atom stereocenters.